The van der Waals surface area contributed by atoms with Gasteiger partial charge in [-0.25, -0.2) is 0 Å². The van der Waals surface area contributed by atoms with Gasteiger partial charge in [0.1, 0.15) is 0 Å². The maximum Gasteiger partial charge on any atom is 0.226 e. The Morgan fingerprint density at radius 2 is 2.14 bits per heavy atom. The number of carbonyl (C=O) groups is 1. The number of aliphatic hydroxyl groups excluding tert-OH is 1. The molecular formula is C9H9Br2NO2. The molecule has 0 saturated carbocycles. The van der Waals surface area contributed by atoms with E-state index >= 15 is 0 Å². The Hall–Kier alpha value is -0.390. The highest BCUT2D eigenvalue weighted by atomic mass is 79.9. The van der Waals surface area contributed by atoms with Gasteiger partial charge in [-0.3, -0.25) is 4.79 Å². The smallest absolute Gasteiger partial charge is 0.226 e. The fourth-order valence-corrected chi connectivity index (χ4v) is 2.05. The van der Waals surface area contributed by atoms with Crippen LogP contribution in [0.25, 0.3) is 0 Å². The molecule has 0 aliphatic carbocycles. The van der Waals surface area contributed by atoms with E-state index < -0.39 is 0 Å². The first-order valence-corrected chi connectivity index (χ1v) is 5.58. The molecule has 0 aliphatic rings. The summed E-state index contributed by atoms with van der Waals surface area (Å²) in [6, 6.07) is 5.46. The molecule has 0 unspecified atom stereocenters. The van der Waals surface area contributed by atoms with Gasteiger partial charge in [-0.1, -0.05) is 15.9 Å². The molecule has 0 aliphatic heterocycles. The number of nitrogens with one attached hydrogen (secondary N) is 1. The number of benzene rings is 1. The molecule has 0 fully saturated rings. The van der Waals surface area contributed by atoms with Crippen molar-refractivity contribution in [3.8, 4) is 0 Å². The standard InChI is InChI=1S/C9H9Br2NO2/c10-6-1-2-8(7(11)5-6)12-9(14)3-4-13/h1-2,5,13H,3-4H2,(H,12,14). The van der Waals surface area contributed by atoms with Crippen LogP contribution in [0.1, 0.15) is 6.42 Å². The summed E-state index contributed by atoms with van der Waals surface area (Å²) in [5.74, 6) is -0.199. The van der Waals surface area contributed by atoms with E-state index in [1.807, 2.05) is 12.1 Å². The molecule has 0 atom stereocenters. The van der Waals surface area contributed by atoms with Gasteiger partial charge in [-0.2, -0.15) is 0 Å². The second-order valence-electron chi connectivity index (χ2n) is 2.65. The Bertz CT molecular complexity index is 342. The fourth-order valence-electron chi connectivity index (χ4n) is 0.905. The highest BCUT2D eigenvalue weighted by molar-refractivity contribution is 9.11. The molecule has 2 N–H and O–H groups in total. The Morgan fingerprint density at radius 3 is 2.71 bits per heavy atom. The maximum absolute atomic E-state index is 11.1. The molecule has 0 spiro atoms. The molecule has 76 valence electrons. The summed E-state index contributed by atoms with van der Waals surface area (Å²) in [4.78, 5) is 11.1. The Morgan fingerprint density at radius 1 is 1.43 bits per heavy atom. The summed E-state index contributed by atoms with van der Waals surface area (Å²) in [6.45, 7) is -0.139. The molecule has 5 heteroatoms. The first-order chi connectivity index (χ1) is 6.63. The van der Waals surface area contributed by atoms with Crippen molar-refractivity contribution in [1.82, 2.24) is 0 Å². The van der Waals surface area contributed by atoms with Crippen LogP contribution in [0.3, 0.4) is 0 Å². The molecule has 1 rings (SSSR count). The predicted octanol–water partition coefficient (Wildman–Crippen LogP) is 2.53. The monoisotopic (exact) mass is 321 g/mol. The third kappa shape index (κ3) is 3.40. The number of rotatable bonds is 3. The van der Waals surface area contributed by atoms with Crippen LogP contribution >= 0.6 is 31.9 Å². The maximum atomic E-state index is 11.1. The average Bonchev–Trinajstić information content (AvgIpc) is 2.10. The van der Waals surface area contributed by atoms with Crippen LogP contribution in [0.15, 0.2) is 27.1 Å². The number of hydrogen-bond donors (Lipinski definition) is 2. The van der Waals surface area contributed by atoms with E-state index in [1.165, 1.54) is 0 Å². The first kappa shape index (κ1) is 11.7. The second-order valence-corrected chi connectivity index (χ2v) is 4.42. The molecule has 0 aromatic heterocycles. The summed E-state index contributed by atoms with van der Waals surface area (Å²) < 4.78 is 1.74. The lowest BCUT2D eigenvalue weighted by Crippen LogP contribution is -2.13. The van der Waals surface area contributed by atoms with Crippen molar-refractivity contribution >= 4 is 43.5 Å². The highest BCUT2D eigenvalue weighted by Gasteiger charge is 2.04. The van der Waals surface area contributed by atoms with Gasteiger partial charge in [0.2, 0.25) is 5.91 Å². The molecule has 1 aromatic rings. The Balaban J connectivity index is 2.72. The van der Waals surface area contributed by atoms with Crippen molar-refractivity contribution in [2.24, 2.45) is 0 Å². The van der Waals surface area contributed by atoms with Gasteiger partial charge in [-0.15, -0.1) is 0 Å². The zero-order chi connectivity index (χ0) is 10.6. The zero-order valence-corrected chi connectivity index (χ0v) is 10.4. The van der Waals surface area contributed by atoms with E-state index in [1.54, 1.807) is 6.07 Å². The van der Waals surface area contributed by atoms with Gasteiger partial charge in [0.15, 0.2) is 0 Å². The van der Waals surface area contributed by atoms with Gasteiger partial charge >= 0.3 is 0 Å². The number of anilines is 1. The minimum Gasteiger partial charge on any atom is -0.396 e. The number of halogens is 2. The van der Waals surface area contributed by atoms with Gasteiger partial charge < -0.3 is 10.4 Å². The number of amides is 1. The van der Waals surface area contributed by atoms with Crippen LogP contribution in [0.5, 0.6) is 0 Å². The van der Waals surface area contributed by atoms with Gasteiger partial charge in [0, 0.05) is 8.95 Å². The second kappa shape index (κ2) is 5.48. The summed E-state index contributed by atoms with van der Waals surface area (Å²) in [7, 11) is 0. The number of hydrogen-bond acceptors (Lipinski definition) is 2. The number of aliphatic hydroxyl groups is 1. The molecule has 0 heterocycles. The van der Waals surface area contributed by atoms with Gasteiger partial charge in [0.25, 0.3) is 0 Å². The summed E-state index contributed by atoms with van der Waals surface area (Å²) in [5.41, 5.74) is 0.701. The zero-order valence-electron chi connectivity index (χ0n) is 7.26. The fraction of sp³-hybridized carbons (Fsp3) is 0.222. The van der Waals surface area contributed by atoms with Crippen LogP contribution in [-0.2, 0) is 4.79 Å². The molecule has 0 saturated heterocycles. The van der Waals surface area contributed by atoms with E-state index in [-0.39, 0.29) is 18.9 Å². The normalized spacial score (nSPS) is 9.93. The van der Waals surface area contributed by atoms with Crippen molar-refractivity contribution < 1.29 is 9.90 Å². The molecule has 14 heavy (non-hydrogen) atoms. The first-order valence-electron chi connectivity index (χ1n) is 3.99. The van der Waals surface area contributed by atoms with E-state index in [0.717, 1.165) is 8.95 Å². The predicted molar refractivity (Wildman–Crippen MR) is 62.2 cm³/mol. The van der Waals surface area contributed by atoms with E-state index in [9.17, 15) is 4.79 Å². The van der Waals surface area contributed by atoms with Gasteiger partial charge in [-0.05, 0) is 34.1 Å². The molecule has 1 amide bonds. The van der Waals surface area contributed by atoms with Crippen LogP contribution in [0, 0.1) is 0 Å². The lowest BCUT2D eigenvalue weighted by atomic mass is 10.3. The molecule has 3 nitrogen and oxygen atoms in total. The average molecular weight is 323 g/mol. The molecule has 0 radical (unpaired) electrons. The van der Waals surface area contributed by atoms with Crippen LogP contribution in [-0.4, -0.2) is 17.6 Å². The largest absolute Gasteiger partial charge is 0.396 e. The van der Waals surface area contributed by atoms with Crippen molar-refractivity contribution in [3.05, 3.63) is 27.1 Å². The van der Waals surface area contributed by atoms with Gasteiger partial charge in [0.05, 0.1) is 18.7 Å². The highest BCUT2D eigenvalue weighted by Crippen LogP contribution is 2.26. The summed E-state index contributed by atoms with van der Waals surface area (Å²) in [5, 5.41) is 11.2. The lowest BCUT2D eigenvalue weighted by Gasteiger charge is -2.06. The third-order valence-electron chi connectivity index (χ3n) is 1.54. The van der Waals surface area contributed by atoms with Crippen molar-refractivity contribution in [2.45, 2.75) is 6.42 Å². The summed E-state index contributed by atoms with van der Waals surface area (Å²) in [6.07, 6.45) is 0.114. The van der Waals surface area contributed by atoms with Crippen LogP contribution in [0.4, 0.5) is 5.69 Å². The van der Waals surface area contributed by atoms with Crippen LogP contribution in [0.2, 0.25) is 0 Å². The summed E-state index contributed by atoms with van der Waals surface area (Å²) >= 11 is 6.63. The molecule has 0 bridgehead atoms. The molecular weight excluding hydrogens is 314 g/mol. The Labute approximate surface area is 98.8 Å². The number of carbonyl (C=O) groups excluding carboxylic acids is 1. The minimum atomic E-state index is -0.199. The lowest BCUT2D eigenvalue weighted by molar-refractivity contribution is -0.116. The minimum absolute atomic E-state index is 0.114. The topological polar surface area (TPSA) is 49.3 Å². The van der Waals surface area contributed by atoms with Crippen molar-refractivity contribution in [1.29, 1.82) is 0 Å². The van der Waals surface area contributed by atoms with Crippen molar-refractivity contribution in [2.75, 3.05) is 11.9 Å². The Kier molecular flexibility index (Phi) is 4.57. The van der Waals surface area contributed by atoms with E-state index in [2.05, 4.69) is 37.2 Å². The van der Waals surface area contributed by atoms with E-state index in [0.29, 0.717) is 5.69 Å². The van der Waals surface area contributed by atoms with E-state index in [4.69, 9.17) is 5.11 Å². The van der Waals surface area contributed by atoms with Crippen molar-refractivity contribution in [3.63, 3.8) is 0 Å². The SMILES string of the molecule is O=C(CCO)Nc1ccc(Br)cc1Br. The quantitative estimate of drug-likeness (QED) is 0.898. The molecule has 1 aromatic carbocycles. The third-order valence-corrected chi connectivity index (χ3v) is 2.69. The van der Waals surface area contributed by atoms with Crippen LogP contribution < -0.4 is 5.32 Å².